The lowest BCUT2D eigenvalue weighted by Gasteiger charge is -2.13. The molecule has 0 aromatic carbocycles. The van der Waals surface area contributed by atoms with Gasteiger partial charge in [-0.2, -0.15) is 0 Å². The zero-order chi connectivity index (χ0) is 21.7. The number of hydrogen-bond donors (Lipinski definition) is 4. The molecule has 2 saturated carbocycles. The number of carbonyl (C=O) groups is 4. The van der Waals surface area contributed by atoms with Crippen LogP contribution in [0.3, 0.4) is 0 Å². The molecule has 1 amide bonds. The average Bonchev–Trinajstić information content (AvgIpc) is 3.60. The minimum Gasteiger partial charge on any atom is -0.467 e. The molecule has 162 valence electrons. The van der Waals surface area contributed by atoms with Gasteiger partial charge in [0.2, 0.25) is 5.91 Å². The van der Waals surface area contributed by atoms with Crippen LogP contribution in [0.15, 0.2) is 0 Å². The number of ether oxygens (including phenoxy) is 2. The molecule has 0 radical (unpaired) electrons. The van der Waals surface area contributed by atoms with Gasteiger partial charge in [-0.05, 0) is 39.5 Å². The van der Waals surface area contributed by atoms with Gasteiger partial charge in [-0.3, -0.25) is 20.2 Å². The Morgan fingerprint density at radius 1 is 0.964 bits per heavy atom. The Morgan fingerprint density at radius 2 is 1.43 bits per heavy atom. The smallest absolute Gasteiger partial charge is 0.332 e. The topological polar surface area (TPSA) is 143 Å². The van der Waals surface area contributed by atoms with E-state index < -0.39 is 24.0 Å². The zero-order valence-corrected chi connectivity index (χ0v) is 17.2. The van der Waals surface area contributed by atoms with Crippen molar-refractivity contribution in [2.24, 2.45) is 0 Å². The molecule has 2 rings (SSSR count). The summed E-state index contributed by atoms with van der Waals surface area (Å²) in [7, 11) is 3.76. The molecule has 28 heavy (non-hydrogen) atoms. The Kier molecular flexibility index (Phi) is 13.0. The van der Waals surface area contributed by atoms with Gasteiger partial charge in [0.1, 0.15) is 0 Å². The summed E-state index contributed by atoms with van der Waals surface area (Å²) in [4.78, 5) is 44.6. The number of amides is 1. The first-order chi connectivity index (χ1) is 13.3. The Bertz CT molecular complexity index is 503. The predicted molar refractivity (Wildman–Crippen MR) is 101 cm³/mol. The first-order valence-corrected chi connectivity index (χ1v) is 9.27. The van der Waals surface area contributed by atoms with Gasteiger partial charge in [0.25, 0.3) is 0 Å². The van der Waals surface area contributed by atoms with Gasteiger partial charge >= 0.3 is 11.9 Å². The highest BCUT2D eigenvalue weighted by Crippen LogP contribution is 2.20. The van der Waals surface area contributed by atoms with E-state index in [-0.39, 0.29) is 11.7 Å². The highest BCUT2D eigenvalue weighted by Gasteiger charge is 2.33. The van der Waals surface area contributed by atoms with Gasteiger partial charge in [0.15, 0.2) is 17.9 Å². The van der Waals surface area contributed by atoms with Crippen LogP contribution in [0.2, 0.25) is 0 Å². The van der Waals surface area contributed by atoms with E-state index in [0.29, 0.717) is 18.7 Å². The van der Waals surface area contributed by atoms with Crippen LogP contribution in [-0.2, 0) is 28.7 Å². The van der Waals surface area contributed by atoms with Crippen molar-refractivity contribution in [3.63, 3.8) is 0 Å². The van der Waals surface area contributed by atoms with Crippen LogP contribution in [0.1, 0.15) is 39.5 Å². The quantitative estimate of drug-likeness (QED) is 0.278. The highest BCUT2D eigenvalue weighted by molar-refractivity contribution is 6.02. The molecular formula is C18H33N3O7. The van der Waals surface area contributed by atoms with E-state index in [1.807, 2.05) is 0 Å². The summed E-state index contributed by atoms with van der Waals surface area (Å²) in [5.41, 5.74) is 0. The molecule has 0 aliphatic heterocycles. The van der Waals surface area contributed by atoms with Gasteiger partial charge in [-0.15, -0.1) is 0 Å². The van der Waals surface area contributed by atoms with Crippen molar-refractivity contribution in [1.29, 1.82) is 0 Å². The number of Topliss-reactive ketones (excluding diaryl/α,β-unsaturated/α-hetero) is 1. The number of likely N-dealkylation sites (N-methyl/N-ethyl adjacent to an activating group) is 1. The van der Waals surface area contributed by atoms with Crippen LogP contribution in [0.4, 0.5) is 0 Å². The molecule has 0 saturated heterocycles. The lowest BCUT2D eigenvalue weighted by Crippen LogP contribution is -2.49. The third kappa shape index (κ3) is 10.3. The monoisotopic (exact) mass is 403 g/mol. The van der Waals surface area contributed by atoms with Crippen LogP contribution in [0.5, 0.6) is 0 Å². The molecular weight excluding hydrogens is 370 g/mol. The Balaban J connectivity index is 0.000000478. The SMILES string of the molecule is CCOC(=O)C(NC1CC1)C(C)=O.CNC(=O)C(NC1CC1)C(=O)OC.CO. The minimum atomic E-state index is -0.859. The summed E-state index contributed by atoms with van der Waals surface area (Å²) in [6.07, 6.45) is 4.13. The summed E-state index contributed by atoms with van der Waals surface area (Å²) < 4.78 is 9.27. The van der Waals surface area contributed by atoms with Crippen LogP contribution in [-0.4, -0.2) is 80.8 Å². The maximum Gasteiger partial charge on any atom is 0.332 e. The molecule has 2 aliphatic carbocycles. The molecule has 0 spiro atoms. The van der Waals surface area contributed by atoms with E-state index in [0.717, 1.165) is 32.8 Å². The summed E-state index contributed by atoms with van der Waals surface area (Å²) >= 11 is 0. The molecule has 10 nitrogen and oxygen atoms in total. The fourth-order valence-electron chi connectivity index (χ4n) is 2.06. The van der Waals surface area contributed by atoms with Crippen molar-refractivity contribution in [3.8, 4) is 0 Å². The molecule has 4 N–H and O–H groups in total. The number of nitrogens with one attached hydrogen (secondary N) is 3. The lowest BCUT2D eigenvalue weighted by atomic mass is 10.2. The first-order valence-electron chi connectivity index (χ1n) is 9.27. The van der Waals surface area contributed by atoms with E-state index in [9.17, 15) is 19.2 Å². The molecule has 0 aromatic heterocycles. The highest BCUT2D eigenvalue weighted by atomic mass is 16.5. The first kappa shape index (κ1) is 26.0. The van der Waals surface area contributed by atoms with Crippen molar-refractivity contribution >= 4 is 23.6 Å². The number of aliphatic hydroxyl groups excluding tert-OH is 1. The second-order valence-corrected chi connectivity index (χ2v) is 6.25. The second kappa shape index (κ2) is 14.0. The molecule has 2 aliphatic rings. The Morgan fingerprint density at radius 3 is 1.75 bits per heavy atom. The van der Waals surface area contributed by atoms with Gasteiger partial charge in [0.05, 0.1) is 13.7 Å². The van der Waals surface area contributed by atoms with Crippen molar-refractivity contribution in [3.05, 3.63) is 0 Å². The van der Waals surface area contributed by atoms with E-state index >= 15 is 0 Å². The van der Waals surface area contributed by atoms with Gasteiger partial charge < -0.3 is 19.9 Å². The second-order valence-electron chi connectivity index (χ2n) is 6.25. The number of rotatable bonds is 9. The number of aliphatic hydroxyl groups is 1. The molecule has 0 aromatic rings. The lowest BCUT2D eigenvalue weighted by molar-refractivity contribution is -0.149. The van der Waals surface area contributed by atoms with Crippen LogP contribution in [0.25, 0.3) is 0 Å². The number of methoxy groups -OCH3 is 1. The zero-order valence-electron chi connectivity index (χ0n) is 17.2. The number of hydrogen-bond acceptors (Lipinski definition) is 9. The van der Waals surface area contributed by atoms with Crippen LogP contribution in [0, 0.1) is 0 Å². The van der Waals surface area contributed by atoms with Crippen molar-refractivity contribution < 1.29 is 33.8 Å². The van der Waals surface area contributed by atoms with Crippen LogP contribution >= 0.6 is 0 Å². The standard InChI is InChI=1S/C9H15NO3.C8H14N2O3.CH4O/c1-3-13-9(12)8(6(2)11)10-7-4-5-7;1-9-7(11)6(8(12)13-2)10-5-3-4-5;1-2/h7-8,10H,3-5H2,1-2H3;5-6,10H,3-4H2,1-2H3,(H,9,11);2H,1H3. The van der Waals surface area contributed by atoms with E-state index in [2.05, 4.69) is 20.7 Å². The summed E-state index contributed by atoms with van der Waals surface area (Å²) in [5, 5.41) is 15.3. The van der Waals surface area contributed by atoms with Crippen LogP contribution < -0.4 is 16.0 Å². The number of esters is 2. The third-order valence-electron chi connectivity index (χ3n) is 3.83. The number of carbonyl (C=O) groups excluding carboxylic acids is 4. The maximum absolute atomic E-state index is 11.2. The van der Waals surface area contributed by atoms with E-state index in [1.54, 1.807) is 6.92 Å². The summed E-state index contributed by atoms with van der Waals surface area (Å²) in [6.45, 7) is 3.44. The van der Waals surface area contributed by atoms with Gasteiger partial charge in [-0.1, -0.05) is 0 Å². The Hall–Kier alpha value is -2.04. The van der Waals surface area contributed by atoms with Crippen molar-refractivity contribution in [2.75, 3.05) is 27.9 Å². The normalized spacial score (nSPS) is 16.8. The average molecular weight is 403 g/mol. The number of ketones is 1. The van der Waals surface area contributed by atoms with E-state index in [1.165, 1.54) is 21.1 Å². The summed E-state index contributed by atoms with van der Waals surface area (Å²) in [6, 6.07) is -0.991. The molecule has 2 fully saturated rings. The molecule has 2 atom stereocenters. The maximum atomic E-state index is 11.2. The molecule has 10 heteroatoms. The third-order valence-corrected chi connectivity index (χ3v) is 3.83. The Labute approximate surface area is 165 Å². The van der Waals surface area contributed by atoms with E-state index in [4.69, 9.17) is 9.84 Å². The molecule has 0 heterocycles. The minimum absolute atomic E-state index is 0.176. The predicted octanol–water partition coefficient (Wildman–Crippen LogP) is -1.11. The van der Waals surface area contributed by atoms with Gasteiger partial charge in [-0.25, -0.2) is 9.59 Å². The summed E-state index contributed by atoms with van der Waals surface area (Å²) in [5.74, 6) is -1.52. The largest absolute Gasteiger partial charge is 0.467 e. The molecule has 2 unspecified atom stereocenters. The molecule has 0 bridgehead atoms. The fourth-order valence-corrected chi connectivity index (χ4v) is 2.06. The van der Waals surface area contributed by atoms with Crippen molar-refractivity contribution in [1.82, 2.24) is 16.0 Å². The fraction of sp³-hybridized carbons (Fsp3) is 0.778. The van der Waals surface area contributed by atoms with Gasteiger partial charge in [0, 0.05) is 26.2 Å². The van der Waals surface area contributed by atoms with Crippen molar-refractivity contribution in [2.45, 2.75) is 63.7 Å².